The van der Waals surface area contributed by atoms with Gasteiger partial charge in [0.1, 0.15) is 22.9 Å². The molecular weight excluding hydrogens is 739 g/mol. The molecule has 1 radical (unpaired) electrons. The van der Waals surface area contributed by atoms with Gasteiger partial charge in [-0.15, -0.1) is 5.10 Å². The summed E-state index contributed by atoms with van der Waals surface area (Å²) in [6, 6.07) is 18.0. The molecule has 13 nitrogen and oxygen atoms in total. The second kappa shape index (κ2) is 29.6. The Morgan fingerprint density at radius 1 is 0.678 bits per heavy atom. The molecule has 0 spiro atoms. The lowest BCUT2D eigenvalue weighted by molar-refractivity contribution is 0.313. The number of unbranched alkanes of at least 4 members (excludes halogenated alkanes) is 2. The smallest absolute Gasteiger partial charge is 0.184 e. The molecule has 0 saturated heterocycles. The van der Waals surface area contributed by atoms with Crippen molar-refractivity contribution < 1.29 is 14.2 Å². The summed E-state index contributed by atoms with van der Waals surface area (Å²) in [5, 5.41) is 12.9. The summed E-state index contributed by atoms with van der Waals surface area (Å²) < 4.78 is 19.8. The molecule has 3 aromatic carbocycles. The summed E-state index contributed by atoms with van der Waals surface area (Å²) in [5.74, 6) is 4.62. The lowest BCUT2D eigenvalue weighted by Gasteiger charge is -2.13. The first-order valence-electron chi connectivity index (χ1n) is 21.3. The fourth-order valence-corrected chi connectivity index (χ4v) is 5.42. The highest BCUT2D eigenvalue weighted by molar-refractivity contribution is 6.59. The second-order valence-corrected chi connectivity index (χ2v) is 14.8. The van der Waals surface area contributed by atoms with Crippen molar-refractivity contribution >= 4 is 18.4 Å². The van der Waals surface area contributed by atoms with Crippen LogP contribution in [-0.2, 0) is 0 Å². The van der Waals surface area contributed by atoms with Crippen LogP contribution in [0.5, 0.6) is 17.2 Å². The first-order valence-corrected chi connectivity index (χ1v) is 21.3. The van der Waals surface area contributed by atoms with Crippen molar-refractivity contribution in [1.29, 1.82) is 5.53 Å². The van der Waals surface area contributed by atoms with E-state index in [1.807, 2.05) is 49.8 Å². The number of nitrogens with zero attached hydrogens (tertiary/aromatic N) is 4. The van der Waals surface area contributed by atoms with Gasteiger partial charge in [-0.3, -0.25) is 0 Å². The molecule has 14 heteroatoms. The summed E-state index contributed by atoms with van der Waals surface area (Å²) in [6.45, 7) is 17.7. The molecule has 4 rings (SSSR count). The van der Waals surface area contributed by atoms with Crippen molar-refractivity contribution in [2.24, 2.45) is 33.8 Å². The van der Waals surface area contributed by atoms with Gasteiger partial charge in [0, 0.05) is 17.2 Å². The van der Waals surface area contributed by atoms with Crippen LogP contribution in [0.3, 0.4) is 0 Å². The Morgan fingerprint density at radius 3 is 1.66 bits per heavy atom. The Kier molecular flexibility index (Phi) is 25.3. The van der Waals surface area contributed by atoms with Crippen LogP contribution in [0.2, 0.25) is 0 Å². The largest absolute Gasteiger partial charge is 0.494 e. The van der Waals surface area contributed by atoms with E-state index < -0.39 is 0 Å². The number of ether oxygens (including phenoxy) is 3. The Hall–Kier alpha value is -4.60. The lowest BCUT2D eigenvalue weighted by atomic mass is 9.68. The van der Waals surface area contributed by atoms with E-state index in [9.17, 15) is 0 Å². The number of benzene rings is 3. The molecule has 0 aliphatic heterocycles. The Balaban J connectivity index is 0.00000107. The van der Waals surface area contributed by atoms with E-state index in [4.69, 9.17) is 48.4 Å². The molecule has 59 heavy (non-hydrogen) atoms. The standard InChI is InChI=1S/C37H50BN8O3.2C4H11N/c1-25(2)27-15-31(21-34(17-27)48-12-6-9-40)38-23-36(43-42)29-14-30(20-33(19-29)47-11-5-8-39)37-24-46(45-44-37)32-16-28(26(3)4)18-35(22-32)49-13-7-10-41;2*1-2-3-4-5/h14-26,42H,5-13,39-41H2,1-4H3;2*2-5H2,1H3/b36-23-,43-42?;;. The Bertz CT molecular complexity index is 1790. The number of aromatic nitrogens is 3. The summed E-state index contributed by atoms with van der Waals surface area (Å²) in [4.78, 5) is 0. The highest BCUT2D eigenvalue weighted by Crippen LogP contribution is 2.31. The van der Waals surface area contributed by atoms with Crippen LogP contribution < -0.4 is 48.3 Å². The normalized spacial score (nSPS) is 11.1. The van der Waals surface area contributed by atoms with Gasteiger partial charge in [0.15, 0.2) is 7.28 Å². The van der Waals surface area contributed by atoms with E-state index >= 15 is 0 Å². The molecular formula is C45H72BN10O3. The molecule has 11 N–H and O–H groups in total. The third kappa shape index (κ3) is 18.9. The molecule has 0 atom stereocenters. The Labute approximate surface area is 354 Å². The average Bonchev–Trinajstić information content (AvgIpc) is 3.73. The van der Waals surface area contributed by atoms with E-state index in [1.54, 1.807) is 4.68 Å². The van der Waals surface area contributed by atoms with Crippen LogP contribution in [0, 0.1) is 5.53 Å². The minimum Gasteiger partial charge on any atom is -0.494 e. The first kappa shape index (κ1) is 50.5. The van der Waals surface area contributed by atoms with Crippen LogP contribution in [0.4, 0.5) is 0 Å². The van der Waals surface area contributed by atoms with Crippen LogP contribution >= 0.6 is 0 Å². The summed E-state index contributed by atoms with van der Waals surface area (Å²) in [5.41, 5.74) is 42.1. The van der Waals surface area contributed by atoms with Crippen LogP contribution in [-0.4, -0.2) is 74.8 Å². The molecule has 1 heterocycles. The van der Waals surface area contributed by atoms with E-state index in [-0.39, 0.29) is 0 Å². The molecule has 0 unspecified atom stereocenters. The van der Waals surface area contributed by atoms with Crippen LogP contribution in [0.1, 0.15) is 115 Å². The number of hydrogen-bond acceptors (Lipinski definition) is 12. The summed E-state index contributed by atoms with van der Waals surface area (Å²) in [6.07, 6.45) is 8.91. The SMILES string of the molecule is CC(C)c1cc([B]/C=C(\N=N)c2cc(OCCCN)cc(-c3cn(-c4cc(OCCCN)cc(C(C)C)c4)nn3)c2)cc(OCCCN)c1.CCCCN.CCCCN. The highest BCUT2D eigenvalue weighted by atomic mass is 16.5. The molecule has 0 aliphatic carbocycles. The zero-order valence-corrected chi connectivity index (χ0v) is 36.6. The molecule has 323 valence electrons. The molecule has 0 aliphatic rings. The van der Waals surface area contributed by atoms with Gasteiger partial charge in [-0.2, -0.15) is 5.11 Å². The van der Waals surface area contributed by atoms with Gasteiger partial charge in [0.05, 0.1) is 37.4 Å². The number of nitrogens with two attached hydrogens (primary N) is 5. The maximum absolute atomic E-state index is 8.09. The van der Waals surface area contributed by atoms with E-state index in [0.717, 1.165) is 65.3 Å². The maximum Gasteiger partial charge on any atom is 0.184 e. The fraction of sp³-hybridized carbons (Fsp3) is 0.511. The first-order chi connectivity index (χ1) is 28.6. The summed E-state index contributed by atoms with van der Waals surface area (Å²) >= 11 is 0. The monoisotopic (exact) mass is 812 g/mol. The quantitative estimate of drug-likeness (QED) is 0.0237. The van der Waals surface area contributed by atoms with Gasteiger partial charge in [0.25, 0.3) is 0 Å². The van der Waals surface area contributed by atoms with E-state index in [0.29, 0.717) is 80.4 Å². The zero-order valence-electron chi connectivity index (χ0n) is 36.6. The lowest BCUT2D eigenvalue weighted by Crippen LogP contribution is -2.15. The minimum atomic E-state index is 0.295. The summed E-state index contributed by atoms with van der Waals surface area (Å²) in [7, 11) is 1.95. The highest BCUT2D eigenvalue weighted by Gasteiger charge is 2.14. The van der Waals surface area contributed by atoms with Crippen molar-refractivity contribution in [2.75, 3.05) is 52.5 Å². The number of hydrogen-bond donors (Lipinski definition) is 6. The predicted molar refractivity (Wildman–Crippen MR) is 245 cm³/mol. The van der Waals surface area contributed by atoms with Crippen molar-refractivity contribution in [3.63, 3.8) is 0 Å². The van der Waals surface area contributed by atoms with E-state index in [1.165, 1.54) is 25.7 Å². The van der Waals surface area contributed by atoms with Gasteiger partial charge in [-0.25, -0.2) is 10.2 Å². The molecule has 0 fully saturated rings. The van der Waals surface area contributed by atoms with Crippen LogP contribution in [0.15, 0.2) is 71.9 Å². The molecule has 0 bridgehead atoms. The topological polar surface area (TPSA) is 225 Å². The number of rotatable bonds is 24. The van der Waals surface area contributed by atoms with E-state index in [2.05, 4.69) is 81.2 Å². The predicted octanol–water partition coefficient (Wildman–Crippen LogP) is 7.21. The molecule has 4 aromatic rings. The molecule has 0 saturated carbocycles. The Morgan fingerprint density at radius 2 is 1.19 bits per heavy atom. The fourth-order valence-electron chi connectivity index (χ4n) is 5.42. The second-order valence-electron chi connectivity index (χ2n) is 14.8. The van der Waals surface area contributed by atoms with Crippen molar-refractivity contribution in [2.45, 2.75) is 98.3 Å². The van der Waals surface area contributed by atoms with Gasteiger partial charge < -0.3 is 42.9 Å². The third-order valence-corrected chi connectivity index (χ3v) is 8.98. The van der Waals surface area contributed by atoms with Gasteiger partial charge in [-0.05, 0) is 130 Å². The van der Waals surface area contributed by atoms with Gasteiger partial charge in [-0.1, -0.05) is 77.1 Å². The van der Waals surface area contributed by atoms with Crippen molar-refractivity contribution in [3.8, 4) is 34.2 Å². The third-order valence-electron chi connectivity index (χ3n) is 8.98. The zero-order chi connectivity index (χ0) is 43.4. The molecule has 0 amide bonds. The van der Waals surface area contributed by atoms with Crippen molar-refractivity contribution in [1.82, 2.24) is 15.0 Å². The van der Waals surface area contributed by atoms with Gasteiger partial charge in [0.2, 0.25) is 0 Å². The maximum atomic E-state index is 8.09. The molecule has 1 aromatic heterocycles. The number of nitrogens with one attached hydrogen (secondary N) is 1. The minimum absolute atomic E-state index is 0.295. The van der Waals surface area contributed by atoms with Gasteiger partial charge >= 0.3 is 0 Å². The van der Waals surface area contributed by atoms with Crippen molar-refractivity contribution in [3.05, 3.63) is 83.5 Å². The van der Waals surface area contributed by atoms with Crippen LogP contribution in [0.25, 0.3) is 22.6 Å². The average molecular weight is 812 g/mol.